The number of carbonyl (C=O) groups is 1. The smallest absolute Gasteiger partial charge is 0.347 e. The van der Waals surface area contributed by atoms with E-state index in [0.717, 1.165) is 35.1 Å². The summed E-state index contributed by atoms with van der Waals surface area (Å²) >= 11 is 1.32. The molecule has 116 valence electrons. The van der Waals surface area contributed by atoms with Gasteiger partial charge in [0.05, 0.1) is 5.69 Å². The molecule has 0 radical (unpaired) electrons. The van der Waals surface area contributed by atoms with Crippen molar-refractivity contribution in [2.45, 2.75) is 45.4 Å². The van der Waals surface area contributed by atoms with Crippen LogP contribution in [-0.4, -0.2) is 29.7 Å². The van der Waals surface area contributed by atoms with Crippen LogP contribution < -0.4 is 4.90 Å². The number of hydrogen-bond acceptors (Lipinski definition) is 4. The van der Waals surface area contributed by atoms with E-state index in [1.54, 1.807) is 0 Å². The maximum absolute atomic E-state index is 11.4. The van der Waals surface area contributed by atoms with Crippen molar-refractivity contribution in [3.05, 3.63) is 10.6 Å². The van der Waals surface area contributed by atoms with Crippen LogP contribution in [0.15, 0.2) is 0 Å². The highest BCUT2D eigenvalue weighted by Crippen LogP contribution is 2.48. The van der Waals surface area contributed by atoms with Crippen molar-refractivity contribution < 1.29 is 9.90 Å². The summed E-state index contributed by atoms with van der Waals surface area (Å²) in [6, 6.07) is 0. The number of anilines is 1. The maximum atomic E-state index is 11.4. The Bertz CT molecular complexity index is 540. The zero-order chi connectivity index (χ0) is 15.1. The molecule has 3 atom stereocenters. The van der Waals surface area contributed by atoms with Crippen molar-refractivity contribution in [1.29, 1.82) is 0 Å². The maximum Gasteiger partial charge on any atom is 0.347 e. The fraction of sp³-hybridized carbons (Fsp3) is 0.750. The minimum Gasteiger partial charge on any atom is -0.477 e. The number of carboxylic acid groups (broad SMARTS) is 1. The van der Waals surface area contributed by atoms with E-state index < -0.39 is 5.97 Å². The van der Waals surface area contributed by atoms with E-state index in [1.807, 2.05) is 13.8 Å². The standard InChI is InChI=1S/C16H24N2O2S/c1-9(2)13-14(15(19)20)21-16(17-13)18(3)8-12-7-10-4-5-11(12)6-10/h9-12H,4-8H2,1-3H3,(H,19,20). The van der Waals surface area contributed by atoms with Crippen LogP contribution in [0.5, 0.6) is 0 Å². The van der Waals surface area contributed by atoms with Gasteiger partial charge >= 0.3 is 5.97 Å². The first kappa shape index (κ1) is 14.8. The van der Waals surface area contributed by atoms with Crippen LogP contribution in [0.4, 0.5) is 5.13 Å². The summed E-state index contributed by atoms with van der Waals surface area (Å²) in [5.41, 5.74) is 0.724. The lowest BCUT2D eigenvalue weighted by Crippen LogP contribution is -2.28. The van der Waals surface area contributed by atoms with Crippen molar-refractivity contribution in [3.63, 3.8) is 0 Å². The predicted octanol–water partition coefficient (Wildman–Crippen LogP) is 3.84. The summed E-state index contributed by atoms with van der Waals surface area (Å²) in [7, 11) is 2.06. The van der Waals surface area contributed by atoms with E-state index >= 15 is 0 Å². The molecule has 1 N–H and O–H groups in total. The third-order valence-corrected chi connectivity index (χ3v) is 6.28. The lowest BCUT2D eigenvalue weighted by Gasteiger charge is -2.26. The number of hydrogen-bond donors (Lipinski definition) is 1. The van der Waals surface area contributed by atoms with Crippen LogP contribution in [0.3, 0.4) is 0 Å². The molecular weight excluding hydrogens is 284 g/mol. The number of carboxylic acids is 1. The second-order valence-electron chi connectivity index (χ2n) is 6.99. The number of nitrogens with zero attached hydrogens (tertiary/aromatic N) is 2. The second-order valence-corrected chi connectivity index (χ2v) is 7.96. The molecule has 2 fully saturated rings. The van der Waals surface area contributed by atoms with Gasteiger partial charge in [-0.25, -0.2) is 9.78 Å². The number of rotatable bonds is 5. The van der Waals surface area contributed by atoms with Gasteiger partial charge in [0.1, 0.15) is 4.88 Å². The molecule has 2 aliphatic carbocycles. The van der Waals surface area contributed by atoms with Crippen molar-refractivity contribution in [1.82, 2.24) is 4.98 Å². The Balaban J connectivity index is 1.74. The molecule has 4 nitrogen and oxygen atoms in total. The molecule has 2 aliphatic rings. The number of fused-ring (bicyclic) bond motifs is 2. The Labute approximate surface area is 130 Å². The second kappa shape index (κ2) is 5.59. The SMILES string of the molecule is CC(C)c1nc(N(C)CC2CC3CCC2C3)sc1C(=O)O. The molecule has 1 heterocycles. The summed E-state index contributed by atoms with van der Waals surface area (Å²) in [5.74, 6) is 1.91. The Morgan fingerprint density at radius 1 is 1.43 bits per heavy atom. The molecule has 0 spiro atoms. The molecule has 3 rings (SSSR count). The molecule has 5 heteroatoms. The molecule has 0 saturated heterocycles. The number of aromatic nitrogens is 1. The highest BCUT2D eigenvalue weighted by Gasteiger charge is 2.40. The molecule has 1 aromatic heterocycles. The minimum absolute atomic E-state index is 0.150. The summed E-state index contributed by atoms with van der Waals surface area (Å²) < 4.78 is 0. The highest BCUT2D eigenvalue weighted by molar-refractivity contribution is 7.17. The van der Waals surface area contributed by atoms with Gasteiger partial charge in [-0.3, -0.25) is 0 Å². The number of thiazole rings is 1. The van der Waals surface area contributed by atoms with Gasteiger partial charge in [-0.15, -0.1) is 0 Å². The Kier molecular flexibility index (Phi) is 3.95. The van der Waals surface area contributed by atoms with Crippen molar-refractivity contribution in [2.24, 2.45) is 17.8 Å². The van der Waals surface area contributed by atoms with Gasteiger partial charge in [0.15, 0.2) is 5.13 Å². The molecule has 0 aliphatic heterocycles. The van der Waals surface area contributed by atoms with Crippen LogP contribution in [-0.2, 0) is 0 Å². The summed E-state index contributed by atoms with van der Waals surface area (Å²) in [6.07, 6.45) is 5.57. The Morgan fingerprint density at radius 2 is 2.19 bits per heavy atom. The van der Waals surface area contributed by atoms with Crippen LogP contribution in [0.1, 0.15) is 60.8 Å². The van der Waals surface area contributed by atoms with Crippen LogP contribution in [0.25, 0.3) is 0 Å². The molecule has 1 aromatic rings. The van der Waals surface area contributed by atoms with Gasteiger partial charge < -0.3 is 10.0 Å². The van der Waals surface area contributed by atoms with Crippen molar-refractivity contribution in [2.75, 3.05) is 18.5 Å². The van der Waals surface area contributed by atoms with Crippen LogP contribution in [0.2, 0.25) is 0 Å². The molecule has 21 heavy (non-hydrogen) atoms. The zero-order valence-electron chi connectivity index (χ0n) is 13.0. The first-order chi connectivity index (χ1) is 9.95. The van der Waals surface area contributed by atoms with Gasteiger partial charge in [-0.1, -0.05) is 31.6 Å². The molecule has 0 aromatic carbocycles. The molecular formula is C16H24N2O2S. The normalized spacial score (nSPS) is 27.5. The monoisotopic (exact) mass is 308 g/mol. The Morgan fingerprint density at radius 3 is 2.67 bits per heavy atom. The van der Waals surface area contributed by atoms with E-state index in [-0.39, 0.29) is 5.92 Å². The van der Waals surface area contributed by atoms with Gasteiger partial charge in [-0.05, 0) is 42.9 Å². The van der Waals surface area contributed by atoms with Gasteiger partial charge in [0.2, 0.25) is 0 Å². The third-order valence-electron chi connectivity index (χ3n) is 5.10. The lowest BCUT2D eigenvalue weighted by molar-refractivity contribution is 0.0700. The van der Waals surface area contributed by atoms with Crippen molar-refractivity contribution in [3.8, 4) is 0 Å². The van der Waals surface area contributed by atoms with Gasteiger partial charge in [-0.2, -0.15) is 0 Å². The average Bonchev–Trinajstić information content (AvgIpc) is 3.12. The molecule has 2 bridgehead atoms. The fourth-order valence-electron chi connectivity index (χ4n) is 4.06. The zero-order valence-corrected chi connectivity index (χ0v) is 13.8. The summed E-state index contributed by atoms with van der Waals surface area (Å²) in [6.45, 7) is 5.02. The summed E-state index contributed by atoms with van der Waals surface area (Å²) in [5, 5.41) is 10.2. The largest absolute Gasteiger partial charge is 0.477 e. The highest BCUT2D eigenvalue weighted by atomic mass is 32.1. The van der Waals surface area contributed by atoms with E-state index in [9.17, 15) is 9.90 Å². The first-order valence-corrected chi connectivity index (χ1v) is 8.72. The minimum atomic E-state index is -0.851. The lowest BCUT2D eigenvalue weighted by atomic mass is 9.88. The van der Waals surface area contributed by atoms with E-state index in [1.165, 1.54) is 37.0 Å². The predicted molar refractivity (Wildman–Crippen MR) is 85.4 cm³/mol. The Hall–Kier alpha value is -1.10. The fourth-order valence-corrected chi connectivity index (χ4v) is 5.09. The molecule has 3 unspecified atom stereocenters. The number of aromatic carboxylic acids is 1. The average molecular weight is 308 g/mol. The first-order valence-electron chi connectivity index (χ1n) is 7.90. The topological polar surface area (TPSA) is 53.4 Å². The van der Waals surface area contributed by atoms with Crippen LogP contribution >= 0.6 is 11.3 Å². The quantitative estimate of drug-likeness (QED) is 0.898. The third kappa shape index (κ3) is 2.80. The van der Waals surface area contributed by atoms with Crippen LogP contribution in [0, 0.1) is 17.8 Å². The molecule has 0 amide bonds. The molecule has 2 saturated carbocycles. The van der Waals surface area contributed by atoms with E-state index in [4.69, 9.17) is 0 Å². The van der Waals surface area contributed by atoms with Crippen molar-refractivity contribution >= 4 is 22.4 Å². The van der Waals surface area contributed by atoms with E-state index in [0.29, 0.717) is 4.88 Å². The van der Waals surface area contributed by atoms with Gasteiger partial charge in [0.25, 0.3) is 0 Å². The summed E-state index contributed by atoms with van der Waals surface area (Å²) in [4.78, 5) is 18.5. The van der Waals surface area contributed by atoms with E-state index in [2.05, 4.69) is 16.9 Å². The van der Waals surface area contributed by atoms with Gasteiger partial charge in [0, 0.05) is 13.6 Å².